The lowest BCUT2D eigenvalue weighted by atomic mass is 9.79. The molecule has 1 unspecified atom stereocenters. The van der Waals surface area contributed by atoms with Gasteiger partial charge in [0.2, 0.25) is 5.91 Å². The molecular weight excluding hydrogens is 293 g/mol. The number of nitrogens with one attached hydrogen (secondary N) is 1. The first-order valence-corrected chi connectivity index (χ1v) is 7.15. The van der Waals surface area contributed by atoms with Crippen molar-refractivity contribution >= 4 is 46.4 Å². The van der Waals surface area contributed by atoms with Crippen molar-refractivity contribution in [3.63, 3.8) is 0 Å². The zero-order valence-corrected chi connectivity index (χ0v) is 12.3. The van der Waals surface area contributed by atoms with Crippen LogP contribution in [0.5, 0.6) is 0 Å². The number of amides is 1. The lowest BCUT2D eigenvalue weighted by molar-refractivity contribution is -0.120. The molecule has 2 nitrogen and oxygen atoms in total. The maximum Gasteiger partial charge on any atom is 0.234 e. The van der Waals surface area contributed by atoms with E-state index in [1.165, 1.54) is 0 Å². The van der Waals surface area contributed by atoms with Crippen LogP contribution in [-0.4, -0.2) is 11.8 Å². The van der Waals surface area contributed by atoms with E-state index in [-0.39, 0.29) is 5.91 Å². The van der Waals surface area contributed by atoms with Crippen LogP contribution in [0.4, 0.5) is 5.69 Å². The third kappa shape index (κ3) is 2.34. The molecule has 0 radical (unpaired) electrons. The number of hydrogen-bond acceptors (Lipinski definition) is 1. The lowest BCUT2D eigenvalue weighted by Crippen LogP contribution is -2.30. The summed E-state index contributed by atoms with van der Waals surface area (Å²) in [4.78, 5) is 12.2. The summed E-state index contributed by atoms with van der Waals surface area (Å²) in [6.07, 6.45) is 2.54. The van der Waals surface area contributed by atoms with Crippen LogP contribution in [0.25, 0.3) is 0 Å². The van der Waals surface area contributed by atoms with Gasteiger partial charge in [0.25, 0.3) is 0 Å². The Kier molecular flexibility index (Phi) is 4.10. The van der Waals surface area contributed by atoms with E-state index in [0.717, 1.165) is 24.8 Å². The minimum Gasteiger partial charge on any atom is -0.324 e. The summed E-state index contributed by atoms with van der Waals surface area (Å²) in [5.41, 5.74) is 1.02. The van der Waals surface area contributed by atoms with Crippen molar-refractivity contribution in [2.45, 2.75) is 31.6 Å². The predicted octanol–water partition coefficient (Wildman–Crippen LogP) is 4.61. The van der Waals surface area contributed by atoms with Crippen molar-refractivity contribution in [3.05, 3.63) is 27.7 Å². The molecule has 1 aliphatic heterocycles. The van der Waals surface area contributed by atoms with E-state index in [2.05, 4.69) is 5.32 Å². The van der Waals surface area contributed by atoms with Crippen molar-refractivity contribution < 1.29 is 4.79 Å². The van der Waals surface area contributed by atoms with E-state index in [1.54, 1.807) is 6.07 Å². The molecule has 1 N–H and O–H groups in total. The molecule has 0 bridgehead atoms. The minimum absolute atomic E-state index is 0.0174. The first kappa shape index (κ1) is 14.0. The van der Waals surface area contributed by atoms with E-state index >= 15 is 0 Å². The Morgan fingerprint density at radius 2 is 2.00 bits per heavy atom. The second kappa shape index (κ2) is 5.28. The Morgan fingerprint density at radius 3 is 2.67 bits per heavy atom. The maximum atomic E-state index is 12.2. The molecular formula is C13H14Cl3NO. The van der Waals surface area contributed by atoms with E-state index in [9.17, 15) is 4.79 Å². The van der Waals surface area contributed by atoms with Gasteiger partial charge in [0.05, 0.1) is 16.1 Å². The Labute approximate surface area is 122 Å². The fourth-order valence-corrected chi connectivity index (χ4v) is 3.06. The van der Waals surface area contributed by atoms with Crippen molar-refractivity contribution in [2.75, 3.05) is 11.2 Å². The van der Waals surface area contributed by atoms with Gasteiger partial charge in [0.15, 0.2) is 0 Å². The molecule has 0 saturated heterocycles. The molecule has 1 aromatic rings. The SMILES string of the molecule is CC1(CCCCCl)C(=O)Nc2c(Cl)cc(Cl)cc21. The quantitative estimate of drug-likeness (QED) is 0.638. The molecule has 1 atom stereocenters. The molecule has 1 heterocycles. The van der Waals surface area contributed by atoms with Gasteiger partial charge in [0.1, 0.15) is 0 Å². The molecule has 1 aliphatic rings. The molecule has 1 aromatic carbocycles. The van der Waals surface area contributed by atoms with Gasteiger partial charge in [0, 0.05) is 10.9 Å². The molecule has 0 aliphatic carbocycles. The van der Waals surface area contributed by atoms with Crippen LogP contribution in [0.3, 0.4) is 0 Å². The highest BCUT2D eigenvalue weighted by Crippen LogP contribution is 2.45. The van der Waals surface area contributed by atoms with Crippen LogP contribution in [0.15, 0.2) is 12.1 Å². The van der Waals surface area contributed by atoms with Crippen LogP contribution in [-0.2, 0) is 10.2 Å². The third-order valence-corrected chi connectivity index (χ3v) is 4.23. The number of anilines is 1. The number of unbranched alkanes of at least 4 members (excludes halogenated alkanes) is 1. The standard InChI is InChI=1S/C13H14Cl3NO/c1-13(4-2-3-5-14)9-6-8(15)7-10(16)11(9)17-12(13)18/h6-7H,2-5H2,1H3,(H,17,18). The van der Waals surface area contributed by atoms with Crippen LogP contribution < -0.4 is 5.32 Å². The summed E-state index contributed by atoms with van der Waals surface area (Å²) in [5.74, 6) is 0.595. The van der Waals surface area contributed by atoms with E-state index in [0.29, 0.717) is 21.6 Å². The third-order valence-electron chi connectivity index (χ3n) is 3.45. The maximum absolute atomic E-state index is 12.2. The molecule has 5 heteroatoms. The van der Waals surface area contributed by atoms with E-state index in [1.807, 2.05) is 13.0 Å². The van der Waals surface area contributed by atoms with Gasteiger partial charge in [-0.3, -0.25) is 4.79 Å². The van der Waals surface area contributed by atoms with Gasteiger partial charge in [-0.15, -0.1) is 11.6 Å². The second-order valence-electron chi connectivity index (χ2n) is 4.74. The summed E-state index contributed by atoms with van der Waals surface area (Å²) in [6.45, 7) is 1.93. The zero-order chi connectivity index (χ0) is 13.3. The number of fused-ring (bicyclic) bond motifs is 1. The lowest BCUT2D eigenvalue weighted by Gasteiger charge is -2.22. The topological polar surface area (TPSA) is 29.1 Å². The van der Waals surface area contributed by atoms with Gasteiger partial charge in [-0.2, -0.15) is 0 Å². The van der Waals surface area contributed by atoms with E-state index < -0.39 is 5.41 Å². The highest BCUT2D eigenvalue weighted by Gasteiger charge is 2.43. The molecule has 0 spiro atoms. The monoisotopic (exact) mass is 305 g/mol. The molecule has 0 saturated carbocycles. The molecule has 1 amide bonds. The zero-order valence-electron chi connectivity index (χ0n) is 10.0. The number of alkyl halides is 1. The molecule has 0 fully saturated rings. The van der Waals surface area contributed by atoms with Crippen molar-refractivity contribution in [1.82, 2.24) is 0 Å². The number of carbonyl (C=O) groups excluding carboxylic acids is 1. The van der Waals surface area contributed by atoms with Gasteiger partial charge in [-0.05, 0) is 37.5 Å². The molecule has 98 valence electrons. The highest BCUT2D eigenvalue weighted by atomic mass is 35.5. The fourth-order valence-electron chi connectivity index (χ4n) is 2.33. The molecule has 2 rings (SSSR count). The molecule has 0 aromatic heterocycles. The Balaban J connectivity index is 2.37. The number of rotatable bonds is 4. The largest absolute Gasteiger partial charge is 0.324 e. The summed E-state index contributed by atoms with van der Waals surface area (Å²) in [7, 11) is 0. The van der Waals surface area contributed by atoms with Crippen LogP contribution in [0, 0.1) is 0 Å². The van der Waals surface area contributed by atoms with Crippen LogP contribution in [0.2, 0.25) is 10.0 Å². The van der Waals surface area contributed by atoms with Crippen LogP contribution >= 0.6 is 34.8 Å². The van der Waals surface area contributed by atoms with Gasteiger partial charge >= 0.3 is 0 Å². The highest BCUT2D eigenvalue weighted by molar-refractivity contribution is 6.37. The summed E-state index contributed by atoms with van der Waals surface area (Å²) in [5, 5.41) is 3.89. The first-order valence-electron chi connectivity index (χ1n) is 5.86. The Hall–Kier alpha value is -0.440. The first-order chi connectivity index (χ1) is 8.49. The summed E-state index contributed by atoms with van der Waals surface area (Å²) in [6, 6.07) is 3.47. The van der Waals surface area contributed by atoms with Crippen LogP contribution in [0.1, 0.15) is 31.7 Å². The smallest absolute Gasteiger partial charge is 0.234 e. The summed E-state index contributed by atoms with van der Waals surface area (Å²) < 4.78 is 0. The number of benzene rings is 1. The normalized spacial score (nSPS) is 21.9. The predicted molar refractivity (Wildman–Crippen MR) is 77.0 cm³/mol. The Bertz CT molecular complexity index is 489. The summed E-state index contributed by atoms with van der Waals surface area (Å²) >= 11 is 17.8. The van der Waals surface area contributed by atoms with E-state index in [4.69, 9.17) is 34.8 Å². The second-order valence-corrected chi connectivity index (χ2v) is 5.96. The average Bonchev–Trinajstić information content (AvgIpc) is 2.54. The number of hydrogen-bond donors (Lipinski definition) is 1. The average molecular weight is 307 g/mol. The van der Waals surface area contributed by atoms with Gasteiger partial charge in [-0.25, -0.2) is 0 Å². The van der Waals surface area contributed by atoms with Gasteiger partial charge < -0.3 is 5.32 Å². The fraction of sp³-hybridized carbons (Fsp3) is 0.462. The number of carbonyl (C=O) groups is 1. The Morgan fingerprint density at radius 1 is 1.28 bits per heavy atom. The van der Waals surface area contributed by atoms with Crippen molar-refractivity contribution in [3.8, 4) is 0 Å². The number of halogens is 3. The van der Waals surface area contributed by atoms with Crippen molar-refractivity contribution in [1.29, 1.82) is 0 Å². The van der Waals surface area contributed by atoms with Crippen molar-refractivity contribution in [2.24, 2.45) is 0 Å². The van der Waals surface area contributed by atoms with Gasteiger partial charge in [-0.1, -0.05) is 29.6 Å². The minimum atomic E-state index is -0.560. The molecule has 18 heavy (non-hydrogen) atoms.